The van der Waals surface area contributed by atoms with E-state index in [1.807, 2.05) is 49.4 Å². The van der Waals surface area contributed by atoms with Crippen LogP contribution < -0.4 is 0 Å². The van der Waals surface area contributed by atoms with Crippen molar-refractivity contribution in [3.8, 4) is 0 Å². The Hall–Kier alpha value is -1.94. The molecular weight excluding hydrogens is 308 g/mol. The van der Waals surface area contributed by atoms with Crippen molar-refractivity contribution in [2.24, 2.45) is 5.92 Å². The monoisotopic (exact) mass is 328 g/mol. The first-order valence-electron chi connectivity index (χ1n) is 7.85. The smallest absolute Gasteiger partial charge is 0.310 e. The molecule has 0 aliphatic carbocycles. The van der Waals surface area contributed by atoms with Crippen molar-refractivity contribution in [2.75, 3.05) is 0 Å². The Kier molecular flexibility index (Phi) is 4.91. The van der Waals surface area contributed by atoms with Crippen molar-refractivity contribution in [3.63, 3.8) is 0 Å². The zero-order valence-electron chi connectivity index (χ0n) is 13.1. The minimum atomic E-state index is -1.30. The van der Waals surface area contributed by atoms with Crippen molar-refractivity contribution in [1.29, 1.82) is 0 Å². The van der Waals surface area contributed by atoms with Gasteiger partial charge in [-0.05, 0) is 37.5 Å². The number of carbonyl (C=O) groups excluding carboxylic acids is 1. The third-order valence-corrected chi connectivity index (χ3v) is 5.68. The first kappa shape index (κ1) is 15.9. The lowest BCUT2D eigenvalue weighted by Crippen LogP contribution is -2.14. The predicted octanol–water partition coefficient (Wildman–Crippen LogP) is 3.62. The lowest BCUT2D eigenvalue weighted by Gasteiger charge is -2.09. The van der Waals surface area contributed by atoms with Gasteiger partial charge in [-0.2, -0.15) is 0 Å². The largest absolute Gasteiger partial charge is 0.448 e. The molecule has 2 aromatic rings. The van der Waals surface area contributed by atoms with Gasteiger partial charge in [-0.15, -0.1) is 0 Å². The third-order valence-electron chi connectivity index (χ3n) is 4.17. The van der Waals surface area contributed by atoms with Crippen LogP contribution in [0.5, 0.6) is 0 Å². The fraction of sp³-hybridized carbons (Fsp3) is 0.316. The molecule has 3 nitrogen and oxygen atoms in total. The van der Waals surface area contributed by atoms with Crippen LogP contribution in [-0.2, 0) is 26.8 Å². The van der Waals surface area contributed by atoms with E-state index >= 15 is 0 Å². The quantitative estimate of drug-likeness (QED) is 0.787. The van der Waals surface area contributed by atoms with Gasteiger partial charge in [0.15, 0.2) is 5.44 Å². The van der Waals surface area contributed by atoms with Crippen molar-refractivity contribution in [2.45, 2.75) is 36.5 Å². The molecule has 1 saturated heterocycles. The first-order valence-corrected chi connectivity index (χ1v) is 9.06. The van der Waals surface area contributed by atoms with Crippen LogP contribution in [0.15, 0.2) is 59.5 Å². The molecule has 0 radical (unpaired) electrons. The Morgan fingerprint density at radius 1 is 1.09 bits per heavy atom. The number of cyclic esters (lactones) is 1. The minimum Gasteiger partial charge on any atom is -0.448 e. The van der Waals surface area contributed by atoms with Gasteiger partial charge in [0.05, 0.1) is 16.7 Å². The van der Waals surface area contributed by atoms with Crippen LogP contribution in [-0.4, -0.2) is 15.6 Å². The molecule has 0 spiro atoms. The van der Waals surface area contributed by atoms with Gasteiger partial charge in [0.25, 0.3) is 0 Å². The summed E-state index contributed by atoms with van der Waals surface area (Å²) < 4.78 is 17.9. The molecule has 3 rings (SSSR count). The Morgan fingerprint density at radius 3 is 2.48 bits per heavy atom. The summed E-state index contributed by atoms with van der Waals surface area (Å²) in [4.78, 5) is 12.8. The number of carbonyl (C=O) groups is 1. The van der Waals surface area contributed by atoms with E-state index in [0.29, 0.717) is 6.42 Å². The van der Waals surface area contributed by atoms with Crippen LogP contribution in [0.2, 0.25) is 0 Å². The second kappa shape index (κ2) is 7.09. The fourth-order valence-corrected chi connectivity index (χ4v) is 4.08. The highest BCUT2D eigenvalue weighted by atomic mass is 32.2. The van der Waals surface area contributed by atoms with Crippen LogP contribution in [0.25, 0.3) is 0 Å². The summed E-state index contributed by atoms with van der Waals surface area (Å²) in [5.41, 5.74) is 1.81. The lowest BCUT2D eigenvalue weighted by molar-refractivity contribution is -0.142. The first-order chi connectivity index (χ1) is 11.1. The molecule has 1 fully saturated rings. The number of ether oxygens (including phenoxy) is 1. The summed E-state index contributed by atoms with van der Waals surface area (Å²) >= 11 is 0. The molecule has 23 heavy (non-hydrogen) atoms. The fourth-order valence-electron chi connectivity index (χ4n) is 2.78. The molecule has 0 saturated carbocycles. The summed E-state index contributed by atoms with van der Waals surface area (Å²) in [6.07, 6.45) is 2.11. The summed E-state index contributed by atoms with van der Waals surface area (Å²) in [5, 5.41) is 0. The summed E-state index contributed by atoms with van der Waals surface area (Å²) in [6.45, 7) is 1.99. The van der Waals surface area contributed by atoms with E-state index in [1.165, 1.54) is 5.56 Å². The molecule has 120 valence electrons. The highest BCUT2D eigenvalue weighted by Gasteiger charge is 2.37. The van der Waals surface area contributed by atoms with Gasteiger partial charge in [0.1, 0.15) is 0 Å². The van der Waals surface area contributed by atoms with E-state index in [0.717, 1.165) is 23.3 Å². The van der Waals surface area contributed by atoms with Gasteiger partial charge in [-0.25, -0.2) is 0 Å². The molecule has 0 N–H and O–H groups in total. The molecule has 1 aliphatic rings. The Morgan fingerprint density at radius 2 is 1.78 bits per heavy atom. The Bertz CT molecular complexity index is 694. The number of aryl methyl sites for hydroxylation is 2. The standard InChI is InChI=1S/C19H20O3S/c1-14-7-11-17(12-8-14)23(21)18-13-16(19(20)22-18)10-9-15-5-3-2-4-6-15/h2-8,11-12,16,18H,9-10,13H2,1H3/t16-,18+,23?/m1/s1. The summed E-state index contributed by atoms with van der Waals surface area (Å²) in [7, 11) is -1.30. The number of hydrogen-bond acceptors (Lipinski definition) is 3. The van der Waals surface area contributed by atoms with Gasteiger partial charge in [0, 0.05) is 11.3 Å². The maximum Gasteiger partial charge on any atom is 0.310 e. The second-order valence-corrected chi connectivity index (χ2v) is 7.53. The predicted molar refractivity (Wildman–Crippen MR) is 90.3 cm³/mol. The lowest BCUT2D eigenvalue weighted by atomic mass is 9.98. The van der Waals surface area contributed by atoms with E-state index < -0.39 is 16.2 Å². The molecule has 0 aromatic heterocycles. The van der Waals surface area contributed by atoms with Crippen LogP contribution in [0.1, 0.15) is 24.0 Å². The van der Waals surface area contributed by atoms with Crippen LogP contribution in [0, 0.1) is 12.8 Å². The molecule has 1 heterocycles. The van der Waals surface area contributed by atoms with Crippen LogP contribution in [0.3, 0.4) is 0 Å². The summed E-state index contributed by atoms with van der Waals surface area (Å²) in [5.74, 6) is -0.374. The van der Waals surface area contributed by atoms with Gasteiger partial charge < -0.3 is 4.74 Å². The van der Waals surface area contributed by atoms with Crippen molar-refractivity contribution < 1.29 is 13.7 Å². The van der Waals surface area contributed by atoms with Crippen LogP contribution in [0.4, 0.5) is 0 Å². The molecule has 1 aliphatic heterocycles. The van der Waals surface area contributed by atoms with Crippen LogP contribution >= 0.6 is 0 Å². The van der Waals surface area contributed by atoms with Crippen molar-refractivity contribution in [3.05, 3.63) is 65.7 Å². The number of esters is 1. The maximum absolute atomic E-state index is 12.6. The number of hydrogen-bond donors (Lipinski definition) is 0. The highest BCUT2D eigenvalue weighted by Crippen LogP contribution is 2.30. The molecule has 0 bridgehead atoms. The van der Waals surface area contributed by atoms with E-state index in [1.54, 1.807) is 0 Å². The zero-order valence-corrected chi connectivity index (χ0v) is 13.9. The molecule has 2 aromatic carbocycles. The van der Waals surface area contributed by atoms with E-state index in [2.05, 4.69) is 12.1 Å². The maximum atomic E-state index is 12.6. The highest BCUT2D eigenvalue weighted by molar-refractivity contribution is 7.85. The number of rotatable bonds is 5. The molecule has 3 atom stereocenters. The van der Waals surface area contributed by atoms with Gasteiger partial charge >= 0.3 is 5.97 Å². The van der Waals surface area contributed by atoms with Gasteiger partial charge in [0.2, 0.25) is 0 Å². The van der Waals surface area contributed by atoms with E-state index in [9.17, 15) is 9.00 Å². The molecule has 0 amide bonds. The van der Waals surface area contributed by atoms with Gasteiger partial charge in [-0.1, -0.05) is 48.0 Å². The topological polar surface area (TPSA) is 43.4 Å². The zero-order chi connectivity index (χ0) is 16.2. The SMILES string of the molecule is Cc1ccc(S(=O)[C@H]2C[C@@H](CCc3ccccc3)C(=O)O2)cc1. The molecule has 1 unspecified atom stereocenters. The van der Waals surface area contributed by atoms with Crippen molar-refractivity contribution >= 4 is 16.8 Å². The Balaban J connectivity index is 1.60. The van der Waals surface area contributed by atoms with E-state index in [-0.39, 0.29) is 11.9 Å². The minimum absolute atomic E-state index is 0.158. The second-order valence-electron chi connectivity index (χ2n) is 5.93. The summed E-state index contributed by atoms with van der Waals surface area (Å²) in [6, 6.07) is 17.6. The van der Waals surface area contributed by atoms with E-state index in [4.69, 9.17) is 4.74 Å². The number of benzene rings is 2. The Labute approximate surface area is 139 Å². The van der Waals surface area contributed by atoms with Gasteiger partial charge in [-0.3, -0.25) is 9.00 Å². The van der Waals surface area contributed by atoms with Crippen molar-refractivity contribution in [1.82, 2.24) is 0 Å². The average molecular weight is 328 g/mol. The normalized spacial score (nSPS) is 21.9. The molecule has 4 heteroatoms. The molecular formula is C19H20O3S. The third kappa shape index (κ3) is 3.88. The average Bonchev–Trinajstić information content (AvgIpc) is 2.95.